The van der Waals surface area contributed by atoms with Crippen LogP contribution in [0.2, 0.25) is 5.02 Å². The van der Waals surface area contributed by atoms with Crippen LogP contribution in [0.15, 0.2) is 42.5 Å². The lowest BCUT2D eigenvalue weighted by atomic mass is 10.2. The summed E-state index contributed by atoms with van der Waals surface area (Å²) in [5.74, 6) is -0.409. The number of rotatable bonds is 3. The molecule has 0 aliphatic carbocycles. The quantitative estimate of drug-likeness (QED) is 0.833. The van der Waals surface area contributed by atoms with Gasteiger partial charge in [0.2, 0.25) is 0 Å². The topological polar surface area (TPSA) is 72.5 Å². The molecule has 0 amide bonds. The van der Waals surface area contributed by atoms with E-state index >= 15 is 0 Å². The van der Waals surface area contributed by atoms with Gasteiger partial charge in [-0.1, -0.05) is 17.7 Å². The molecule has 0 atom stereocenters. The fraction of sp³-hybridized carbons (Fsp3) is 0. The fourth-order valence-corrected chi connectivity index (χ4v) is 1.64. The third-order valence-corrected chi connectivity index (χ3v) is 2.49. The van der Waals surface area contributed by atoms with Gasteiger partial charge in [0, 0.05) is 10.7 Å². The number of carbonyl (C=O) groups is 1. The second-order valence-electron chi connectivity index (χ2n) is 3.62. The molecule has 5 heteroatoms. The van der Waals surface area contributed by atoms with Crippen LogP contribution in [0.3, 0.4) is 0 Å². The van der Waals surface area contributed by atoms with Crippen LogP contribution in [0.5, 0.6) is 11.5 Å². The molecule has 3 N–H and O–H groups in total. The standard InChI is InChI=1S/C13H10ClNO3/c14-8-2-1-3-10(6-8)18-12-5-4-9(15)7-11(12)13(16)17/h1-7H,15H2,(H,16,17). The molecule has 0 aliphatic heterocycles. The first-order valence-corrected chi connectivity index (χ1v) is 5.50. The predicted octanol–water partition coefficient (Wildman–Crippen LogP) is 3.41. The maximum absolute atomic E-state index is 11.1. The van der Waals surface area contributed by atoms with Crippen molar-refractivity contribution in [3.05, 3.63) is 53.1 Å². The van der Waals surface area contributed by atoms with Crippen molar-refractivity contribution in [2.45, 2.75) is 0 Å². The van der Waals surface area contributed by atoms with Crippen molar-refractivity contribution in [2.24, 2.45) is 0 Å². The highest BCUT2D eigenvalue weighted by atomic mass is 35.5. The van der Waals surface area contributed by atoms with Crippen molar-refractivity contribution in [1.82, 2.24) is 0 Å². The molecule has 0 unspecified atom stereocenters. The van der Waals surface area contributed by atoms with Gasteiger partial charge in [-0.05, 0) is 36.4 Å². The monoisotopic (exact) mass is 263 g/mol. The number of benzene rings is 2. The van der Waals surface area contributed by atoms with Crippen LogP contribution >= 0.6 is 11.6 Å². The van der Waals surface area contributed by atoms with Crippen LogP contribution in [-0.4, -0.2) is 11.1 Å². The Bertz CT molecular complexity index is 599. The average Bonchev–Trinajstić information content (AvgIpc) is 2.31. The first-order valence-electron chi connectivity index (χ1n) is 5.12. The van der Waals surface area contributed by atoms with Crippen molar-refractivity contribution >= 4 is 23.3 Å². The summed E-state index contributed by atoms with van der Waals surface area (Å²) < 4.78 is 5.49. The zero-order chi connectivity index (χ0) is 13.1. The maximum Gasteiger partial charge on any atom is 0.339 e. The molecule has 0 aromatic heterocycles. The highest BCUT2D eigenvalue weighted by molar-refractivity contribution is 6.30. The lowest BCUT2D eigenvalue weighted by Crippen LogP contribution is -2.01. The van der Waals surface area contributed by atoms with Gasteiger partial charge in [-0.2, -0.15) is 0 Å². The molecule has 0 heterocycles. The number of nitrogen functional groups attached to an aromatic ring is 1. The summed E-state index contributed by atoms with van der Waals surface area (Å²) in [6.07, 6.45) is 0. The Morgan fingerprint density at radius 1 is 1.22 bits per heavy atom. The number of hydrogen-bond acceptors (Lipinski definition) is 3. The van der Waals surface area contributed by atoms with E-state index in [1.165, 1.54) is 12.1 Å². The van der Waals surface area contributed by atoms with Crippen LogP contribution in [0, 0.1) is 0 Å². The number of nitrogens with two attached hydrogens (primary N) is 1. The van der Waals surface area contributed by atoms with Crippen molar-refractivity contribution in [1.29, 1.82) is 0 Å². The van der Waals surface area contributed by atoms with Crippen LogP contribution in [0.25, 0.3) is 0 Å². The van der Waals surface area contributed by atoms with Crippen LogP contribution < -0.4 is 10.5 Å². The number of carboxylic acids is 1. The van der Waals surface area contributed by atoms with Gasteiger partial charge in [0.15, 0.2) is 0 Å². The van der Waals surface area contributed by atoms with E-state index in [0.717, 1.165) is 0 Å². The summed E-state index contributed by atoms with van der Waals surface area (Å²) >= 11 is 5.82. The summed E-state index contributed by atoms with van der Waals surface area (Å²) in [6.45, 7) is 0. The molecule has 2 rings (SSSR count). The Morgan fingerprint density at radius 3 is 2.67 bits per heavy atom. The Balaban J connectivity index is 2.37. The highest BCUT2D eigenvalue weighted by Crippen LogP contribution is 2.28. The Morgan fingerprint density at radius 2 is 2.00 bits per heavy atom. The number of anilines is 1. The smallest absolute Gasteiger partial charge is 0.339 e. The van der Waals surface area contributed by atoms with Gasteiger partial charge in [0.05, 0.1) is 0 Å². The molecule has 0 saturated heterocycles. The van der Waals surface area contributed by atoms with E-state index in [2.05, 4.69) is 0 Å². The van der Waals surface area contributed by atoms with Gasteiger partial charge < -0.3 is 15.6 Å². The van der Waals surface area contributed by atoms with E-state index in [-0.39, 0.29) is 11.3 Å². The fourth-order valence-electron chi connectivity index (χ4n) is 1.46. The van der Waals surface area contributed by atoms with E-state index in [1.54, 1.807) is 30.3 Å². The molecule has 0 radical (unpaired) electrons. The summed E-state index contributed by atoms with van der Waals surface area (Å²) in [6, 6.07) is 11.1. The predicted molar refractivity (Wildman–Crippen MR) is 69.3 cm³/mol. The molecule has 0 saturated carbocycles. The highest BCUT2D eigenvalue weighted by Gasteiger charge is 2.12. The molecule has 0 aliphatic rings. The summed E-state index contributed by atoms with van der Waals surface area (Å²) in [4.78, 5) is 11.1. The molecule has 2 aromatic carbocycles. The lowest BCUT2D eigenvalue weighted by Gasteiger charge is -2.09. The van der Waals surface area contributed by atoms with Gasteiger partial charge >= 0.3 is 5.97 Å². The Hall–Kier alpha value is -2.20. The van der Waals surface area contributed by atoms with Crippen molar-refractivity contribution in [2.75, 3.05) is 5.73 Å². The largest absolute Gasteiger partial charge is 0.478 e. The van der Waals surface area contributed by atoms with Crippen molar-refractivity contribution < 1.29 is 14.6 Å². The minimum Gasteiger partial charge on any atom is -0.478 e. The SMILES string of the molecule is Nc1ccc(Oc2cccc(Cl)c2)c(C(=O)O)c1. The average molecular weight is 264 g/mol. The molecule has 0 bridgehead atoms. The van der Waals surface area contributed by atoms with E-state index < -0.39 is 5.97 Å². The first kappa shape index (κ1) is 12.3. The Labute approximate surface area is 109 Å². The lowest BCUT2D eigenvalue weighted by molar-refractivity contribution is 0.0694. The van der Waals surface area contributed by atoms with E-state index in [1.807, 2.05) is 0 Å². The molecule has 0 spiro atoms. The van der Waals surface area contributed by atoms with Gasteiger partial charge in [0.1, 0.15) is 17.1 Å². The van der Waals surface area contributed by atoms with E-state index in [0.29, 0.717) is 16.5 Å². The van der Waals surface area contributed by atoms with E-state index in [4.69, 9.17) is 27.2 Å². The molecule has 4 nitrogen and oxygen atoms in total. The van der Waals surface area contributed by atoms with Crippen LogP contribution in [0.4, 0.5) is 5.69 Å². The second kappa shape index (κ2) is 4.98. The number of hydrogen-bond donors (Lipinski definition) is 2. The van der Waals surface area contributed by atoms with Crippen molar-refractivity contribution in [3.8, 4) is 11.5 Å². The minimum atomic E-state index is -1.10. The summed E-state index contributed by atoms with van der Waals surface area (Å²) in [7, 11) is 0. The van der Waals surface area contributed by atoms with Gasteiger partial charge in [0.25, 0.3) is 0 Å². The van der Waals surface area contributed by atoms with Gasteiger partial charge in [-0.25, -0.2) is 4.79 Å². The molecule has 0 fully saturated rings. The third-order valence-electron chi connectivity index (χ3n) is 2.26. The zero-order valence-corrected chi connectivity index (χ0v) is 10.0. The zero-order valence-electron chi connectivity index (χ0n) is 9.26. The first-order chi connectivity index (χ1) is 8.56. The third kappa shape index (κ3) is 2.73. The van der Waals surface area contributed by atoms with Crippen molar-refractivity contribution in [3.63, 3.8) is 0 Å². The number of carboxylic acid groups (broad SMARTS) is 1. The van der Waals surface area contributed by atoms with Crippen LogP contribution in [-0.2, 0) is 0 Å². The molecule has 2 aromatic rings. The molecule has 18 heavy (non-hydrogen) atoms. The summed E-state index contributed by atoms with van der Waals surface area (Å²) in [5.41, 5.74) is 5.92. The molecular formula is C13H10ClNO3. The van der Waals surface area contributed by atoms with E-state index in [9.17, 15) is 4.79 Å². The Kier molecular flexibility index (Phi) is 3.39. The minimum absolute atomic E-state index is 0.00924. The van der Waals surface area contributed by atoms with Crippen LogP contribution in [0.1, 0.15) is 10.4 Å². The van der Waals surface area contributed by atoms with Gasteiger partial charge in [-0.3, -0.25) is 0 Å². The number of aromatic carboxylic acids is 1. The second-order valence-corrected chi connectivity index (χ2v) is 4.06. The molecular weight excluding hydrogens is 254 g/mol. The maximum atomic E-state index is 11.1. The molecule has 92 valence electrons. The summed E-state index contributed by atoms with van der Waals surface area (Å²) in [5, 5.41) is 9.57. The number of halogens is 1. The number of ether oxygens (including phenoxy) is 1. The normalized spacial score (nSPS) is 10.1. The van der Waals surface area contributed by atoms with Gasteiger partial charge in [-0.15, -0.1) is 0 Å².